The molecule has 0 bridgehead atoms. The average Bonchev–Trinajstić information content (AvgIpc) is 2.61. The van der Waals surface area contributed by atoms with Gasteiger partial charge in [0, 0.05) is 5.69 Å². The lowest BCUT2D eigenvalue weighted by Crippen LogP contribution is -2.20. The first-order chi connectivity index (χ1) is 12.1. The van der Waals surface area contributed by atoms with E-state index < -0.39 is 0 Å². The van der Waals surface area contributed by atoms with Crippen molar-refractivity contribution in [1.29, 1.82) is 0 Å². The summed E-state index contributed by atoms with van der Waals surface area (Å²) in [5.41, 5.74) is 0.568. The first-order valence-electron chi connectivity index (χ1n) is 8.19. The summed E-state index contributed by atoms with van der Waals surface area (Å²) >= 11 is 11.8. The number of nitrogens with one attached hydrogen (secondary N) is 1. The maximum Gasteiger partial charge on any atom is 0.262 e. The van der Waals surface area contributed by atoms with Crippen LogP contribution < -0.4 is 14.8 Å². The molecule has 0 saturated heterocycles. The van der Waals surface area contributed by atoms with Gasteiger partial charge in [-0.3, -0.25) is 4.79 Å². The fourth-order valence-corrected chi connectivity index (χ4v) is 2.39. The Morgan fingerprint density at radius 2 is 1.64 bits per heavy atom. The van der Waals surface area contributed by atoms with E-state index in [0.29, 0.717) is 28.1 Å². The Bertz CT molecular complexity index is 690. The fraction of sp³-hybridized carbons (Fsp3) is 0.316. The van der Waals surface area contributed by atoms with E-state index in [1.165, 1.54) is 6.42 Å². The normalized spacial score (nSPS) is 10.4. The van der Waals surface area contributed by atoms with E-state index in [1.54, 1.807) is 30.3 Å². The molecule has 2 aromatic rings. The van der Waals surface area contributed by atoms with Crippen molar-refractivity contribution in [2.45, 2.75) is 26.2 Å². The lowest BCUT2D eigenvalue weighted by Gasteiger charge is -2.09. The van der Waals surface area contributed by atoms with Gasteiger partial charge in [0.25, 0.3) is 5.91 Å². The van der Waals surface area contributed by atoms with Crippen molar-refractivity contribution in [3.05, 3.63) is 52.5 Å². The molecule has 4 nitrogen and oxygen atoms in total. The first-order valence-corrected chi connectivity index (χ1v) is 8.94. The van der Waals surface area contributed by atoms with Crippen molar-refractivity contribution in [1.82, 2.24) is 0 Å². The quantitative estimate of drug-likeness (QED) is 0.576. The van der Waals surface area contributed by atoms with Crippen molar-refractivity contribution in [2.75, 3.05) is 18.5 Å². The lowest BCUT2D eigenvalue weighted by atomic mass is 10.3. The molecular weight excluding hydrogens is 361 g/mol. The van der Waals surface area contributed by atoms with Gasteiger partial charge >= 0.3 is 0 Å². The summed E-state index contributed by atoms with van der Waals surface area (Å²) in [6, 6.07) is 12.1. The van der Waals surface area contributed by atoms with Gasteiger partial charge in [-0.25, -0.2) is 0 Å². The predicted octanol–water partition coefficient (Wildman–Crippen LogP) is 5.58. The van der Waals surface area contributed by atoms with Crippen molar-refractivity contribution in [3.63, 3.8) is 0 Å². The van der Waals surface area contributed by atoms with Crippen LogP contribution in [0.15, 0.2) is 42.5 Å². The van der Waals surface area contributed by atoms with E-state index in [1.807, 2.05) is 12.1 Å². The van der Waals surface area contributed by atoms with Gasteiger partial charge in [-0.15, -0.1) is 0 Å². The molecule has 1 amide bonds. The Labute approximate surface area is 158 Å². The number of carbonyl (C=O) groups is 1. The molecule has 0 aliphatic carbocycles. The summed E-state index contributed by atoms with van der Waals surface area (Å²) in [6.45, 7) is 2.76. The molecule has 0 saturated carbocycles. The smallest absolute Gasteiger partial charge is 0.262 e. The minimum Gasteiger partial charge on any atom is -0.494 e. The monoisotopic (exact) mass is 381 g/mol. The van der Waals surface area contributed by atoms with Gasteiger partial charge in [-0.05, 0) is 48.9 Å². The van der Waals surface area contributed by atoms with E-state index in [0.717, 1.165) is 18.6 Å². The molecule has 2 aromatic carbocycles. The Morgan fingerprint density at radius 1 is 0.960 bits per heavy atom. The van der Waals surface area contributed by atoms with Gasteiger partial charge < -0.3 is 14.8 Å². The molecule has 0 spiro atoms. The van der Waals surface area contributed by atoms with Crippen LogP contribution in [0.4, 0.5) is 5.69 Å². The van der Waals surface area contributed by atoms with Crippen molar-refractivity contribution >= 4 is 34.8 Å². The van der Waals surface area contributed by atoms with Gasteiger partial charge in [-0.1, -0.05) is 43.0 Å². The maximum absolute atomic E-state index is 11.9. The zero-order valence-corrected chi connectivity index (χ0v) is 15.6. The van der Waals surface area contributed by atoms with Crippen LogP contribution in [0, 0.1) is 0 Å². The Morgan fingerprint density at radius 3 is 2.28 bits per heavy atom. The molecule has 1 N–H and O–H groups in total. The number of benzene rings is 2. The number of ether oxygens (including phenoxy) is 2. The average molecular weight is 382 g/mol. The molecule has 25 heavy (non-hydrogen) atoms. The summed E-state index contributed by atoms with van der Waals surface area (Å²) in [7, 11) is 0. The molecule has 134 valence electrons. The van der Waals surface area contributed by atoms with E-state index in [2.05, 4.69) is 12.2 Å². The summed E-state index contributed by atoms with van der Waals surface area (Å²) in [5, 5.41) is 3.52. The highest BCUT2D eigenvalue weighted by Crippen LogP contribution is 2.25. The fourth-order valence-electron chi connectivity index (χ4n) is 2.09. The van der Waals surface area contributed by atoms with Crippen LogP contribution in [0.1, 0.15) is 26.2 Å². The van der Waals surface area contributed by atoms with E-state index >= 15 is 0 Å². The molecule has 2 rings (SSSR count). The molecule has 0 unspecified atom stereocenters. The van der Waals surface area contributed by atoms with Crippen molar-refractivity contribution in [3.8, 4) is 11.5 Å². The third-order valence-corrected chi connectivity index (χ3v) is 4.15. The SMILES string of the molecule is CCCCCOc1ccc(OCC(=O)Nc2ccc(Cl)c(Cl)c2)cc1. The summed E-state index contributed by atoms with van der Waals surface area (Å²) < 4.78 is 11.1. The van der Waals surface area contributed by atoms with Gasteiger partial charge in [0.1, 0.15) is 11.5 Å². The highest BCUT2D eigenvalue weighted by molar-refractivity contribution is 6.42. The van der Waals surface area contributed by atoms with E-state index in [4.69, 9.17) is 32.7 Å². The minimum absolute atomic E-state index is 0.100. The second-order valence-corrected chi connectivity index (χ2v) is 6.31. The van der Waals surface area contributed by atoms with Crippen molar-refractivity contribution < 1.29 is 14.3 Å². The number of rotatable bonds is 9. The third kappa shape index (κ3) is 6.85. The molecule has 0 atom stereocenters. The largest absolute Gasteiger partial charge is 0.494 e. The van der Waals surface area contributed by atoms with Crippen LogP contribution in [-0.2, 0) is 4.79 Å². The van der Waals surface area contributed by atoms with Gasteiger partial charge in [-0.2, -0.15) is 0 Å². The number of unbranched alkanes of at least 4 members (excludes halogenated alkanes) is 2. The van der Waals surface area contributed by atoms with Gasteiger partial charge in [0.15, 0.2) is 6.61 Å². The molecular formula is C19H21Cl2NO3. The lowest BCUT2D eigenvalue weighted by molar-refractivity contribution is -0.118. The molecule has 0 aliphatic heterocycles. The summed E-state index contributed by atoms with van der Waals surface area (Å²) in [4.78, 5) is 11.9. The number of amides is 1. The second-order valence-electron chi connectivity index (χ2n) is 5.49. The number of halogens is 2. The zero-order chi connectivity index (χ0) is 18.1. The predicted molar refractivity (Wildman–Crippen MR) is 102 cm³/mol. The first kappa shape index (κ1) is 19.4. The van der Waals surface area contributed by atoms with Crippen LogP contribution in [0.5, 0.6) is 11.5 Å². The maximum atomic E-state index is 11.9. The Kier molecular flexibility index (Phi) is 7.89. The topological polar surface area (TPSA) is 47.6 Å². The molecule has 6 heteroatoms. The Balaban J connectivity index is 1.76. The standard InChI is InChI=1S/C19H21Cl2NO3/c1-2-3-4-11-24-15-6-8-16(9-7-15)25-13-19(23)22-14-5-10-17(20)18(21)12-14/h5-10,12H,2-4,11,13H2,1H3,(H,22,23). The van der Waals surface area contributed by atoms with Gasteiger partial charge in [0.05, 0.1) is 16.7 Å². The van der Waals surface area contributed by atoms with Crippen LogP contribution in [0.3, 0.4) is 0 Å². The highest BCUT2D eigenvalue weighted by atomic mass is 35.5. The number of hydrogen-bond donors (Lipinski definition) is 1. The summed E-state index contributed by atoms with van der Waals surface area (Å²) in [6.07, 6.45) is 3.37. The van der Waals surface area contributed by atoms with Crippen LogP contribution in [0.25, 0.3) is 0 Å². The highest BCUT2D eigenvalue weighted by Gasteiger charge is 2.06. The zero-order valence-electron chi connectivity index (χ0n) is 14.1. The van der Waals surface area contributed by atoms with Crippen LogP contribution in [-0.4, -0.2) is 19.1 Å². The van der Waals surface area contributed by atoms with Crippen LogP contribution >= 0.6 is 23.2 Å². The number of anilines is 1. The molecule has 0 fully saturated rings. The molecule has 0 radical (unpaired) electrons. The third-order valence-electron chi connectivity index (χ3n) is 3.41. The van der Waals surface area contributed by atoms with E-state index in [-0.39, 0.29) is 12.5 Å². The number of carbonyl (C=O) groups excluding carboxylic acids is 1. The van der Waals surface area contributed by atoms with Crippen molar-refractivity contribution in [2.24, 2.45) is 0 Å². The molecule has 0 aliphatic rings. The Hall–Kier alpha value is -1.91. The van der Waals surface area contributed by atoms with E-state index in [9.17, 15) is 4.79 Å². The molecule has 0 aromatic heterocycles. The second kappa shape index (κ2) is 10.2. The summed E-state index contributed by atoms with van der Waals surface area (Å²) in [5.74, 6) is 1.12. The number of hydrogen-bond acceptors (Lipinski definition) is 3. The molecule has 0 heterocycles. The van der Waals surface area contributed by atoms with Gasteiger partial charge in [0.2, 0.25) is 0 Å². The minimum atomic E-state index is -0.279. The van der Waals surface area contributed by atoms with Crippen LogP contribution in [0.2, 0.25) is 10.0 Å².